The molecule has 1 spiro atoms. The van der Waals surface area contributed by atoms with Crippen molar-refractivity contribution in [1.29, 1.82) is 0 Å². The number of anilines is 2. The lowest BCUT2D eigenvalue weighted by atomic mass is 9.59. The van der Waals surface area contributed by atoms with Crippen LogP contribution in [0, 0.1) is 28.4 Å². The lowest BCUT2D eigenvalue weighted by Crippen LogP contribution is -2.60. The van der Waals surface area contributed by atoms with Crippen molar-refractivity contribution in [2.24, 2.45) is 11.3 Å². The van der Waals surface area contributed by atoms with Gasteiger partial charge in [-0.3, -0.25) is 24.7 Å². The number of methoxy groups -OCH3 is 1. The summed E-state index contributed by atoms with van der Waals surface area (Å²) in [6, 6.07) is 25.7. The number of aromatic amines is 1. The zero-order valence-corrected chi connectivity index (χ0v) is 47.3. The van der Waals surface area contributed by atoms with Gasteiger partial charge in [-0.25, -0.2) is 18.1 Å². The zero-order chi connectivity index (χ0) is 56.4. The molecule has 1 atom stereocenters. The zero-order valence-electron chi connectivity index (χ0n) is 46.5. The van der Waals surface area contributed by atoms with Crippen LogP contribution < -0.4 is 33.9 Å². The Balaban J connectivity index is 0.756. The fourth-order valence-electron chi connectivity index (χ4n) is 13.3. The molecule has 3 aliphatic heterocycles. The van der Waals surface area contributed by atoms with Crippen molar-refractivity contribution in [1.82, 2.24) is 24.5 Å². The van der Waals surface area contributed by atoms with Crippen molar-refractivity contribution >= 4 is 55.0 Å². The van der Waals surface area contributed by atoms with Gasteiger partial charge < -0.3 is 43.7 Å². The van der Waals surface area contributed by atoms with Gasteiger partial charge in [0.15, 0.2) is 28.5 Å². The van der Waals surface area contributed by atoms with E-state index in [-0.39, 0.29) is 52.7 Å². The van der Waals surface area contributed by atoms with Gasteiger partial charge in [0.2, 0.25) is 6.79 Å². The molecule has 4 N–H and O–H groups in total. The number of nitro groups is 1. The maximum absolute atomic E-state index is 14.4. The number of carbonyl (C=O) groups is 1. The minimum Gasteiger partial charge on any atom is -0.493 e. The topological polar surface area (TPSA) is 227 Å². The largest absolute Gasteiger partial charge is 0.493 e. The van der Waals surface area contributed by atoms with E-state index in [1.807, 2.05) is 13.0 Å². The Morgan fingerprint density at radius 2 is 1.73 bits per heavy atom. The Hall–Kier alpha value is -7.39. The van der Waals surface area contributed by atoms with Gasteiger partial charge in [0.05, 0.1) is 29.4 Å². The summed E-state index contributed by atoms with van der Waals surface area (Å²) >= 11 is 0. The van der Waals surface area contributed by atoms with Gasteiger partial charge in [-0.2, -0.15) is 0 Å². The van der Waals surface area contributed by atoms with E-state index in [9.17, 15) is 28.4 Å². The van der Waals surface area contributed by atoms with E-state index in [4.69, 9.17) is 23.4 Å². The monoisotopic (exact) mass is 1120 g/mol. The van der Waals surface area contributed by atoms with Gasteiger partial charge >= 0.3 is 0 Å². The second-order valence-electron chi connectivity index (χ2n) is 23.6. The number of nitrogens with one attached hydrogen (secondary N) is 3. The van der Waals surface area contributed by atoms with Crippen LogP contribution in [0.1, 0.15) is 117 Å². The number of benzene rings is 4. The Bertz CT molecular complexity index is 3650. The second-order valence-corrected chi connectivity index (χ2v) is 25.3. The summed E-state index contributed by atoms with van der Waals surface area (Å²) in [6.07, 6.45) is 10.1. The molecule has 4 fully saturated rings. The normalized spacial score (nSPS) is 21.4. The summed E-state index contributed by atoms with van der Waals surface area (Å²) in [4.78, 5) is 40.9. The van der Waals surface area contributed by atoms with Crippen molar-refractivity contribution in [2.75, 3.05) is 63.4 Å². The number of H-pyrrole nitrogens is 1. The number of aromatic nitrogens is 2. The molecule has 1 amide bonds. The average molecular weight is 1120 g/mol. The van der Waals surface area contributed by atoms with Crippen LogP contribution in [-0.4, -0.2) is 109 Å². The molecule has 6 heterocycles. The number of sulfonamides is 1. The fraction of sp³-hybridized carbons (Fsp3) is 0.443. The van der Waals surface area contributed by atoms with Crippen LogP contribution in [0.3, 0.4) is 0 Å². The first-order valence-electron chi connectivity index (χ1n) is 28.2. The quantitative estimate of drug-likeness (QED) is 0.0521. The molecule has 19 nitrogen and oxygen atoms in total. The maximum Gasteiger partial charge on any atom is 0.297 e. The Morgan fingerprint density at radius 3 is 2.49 bits per heavy atom. The summed E-state index contributed by atoms with van der Waals surface area (Å²) in [5.41, 5.74) is 5.02. The Labute approximate surface area is 471 Å². The minimum absolute atomic E-state index is 0.0187. The molecule has 12 rings (SSSR count). The molecule has 0 unspecified atom stereocenters. The van der Waals surface area contributed by atoms with E-state index in [2.05, 4.69) is 91.0 Å². The highest BCUT2D eigenvalue weighted by molar-refractivity contribution is 7.90. The number of fused-ring (bicyclic) bond motifs is 3. The number of ether oxygens (including phenoxy) is 4. The SMILES string of the molecule is COc1cc(CN2CCN(C3CC4(CCN(c5ccc(C(=O)NS(=O)(=O)c6cc([N+](=O)[O-])c(NC[C@H]7CC[C@](C)(O)CC7)c7c6OCO7)c(Oc6cnc7[nH]ccc7c6)c5)CC4)C3)[C@H](c3ccccc3C(C)C)C2)cc2cc(C)oc12. The first-order valence-corrected chi connectivity index (χ1v) is 29.7. The molecular formula is C61H70N8O11S. The van der Waals surface area contributed by atoms with Crippen LogP contribution in [0.2, 0.25) is 0 Å². The number of amides is 1. The maximum atomic E-state index is 14.4. The second kappa shape index (κ2) is 21.5. The standard InChI is InChI=1S/C61H70N8O11S/c1-37(2)46-8-6-7-9-47(46)50-35-66(34-40-25-42-24-38(3)79-55(42)52(26-40)76-5)22-23-68(50)44-30-61(31-44)17-20-67(21-18-61)43-10-11-48(51(28-43)80-45-27-41-14-19-62-58(41)64-33-45)59(70)65-81(74,75)53-29-49(69(72)73)54(57-56(53)77-36-78-57)63-32-39-12-15-60(4,71)16-13-39/h6-11,14,19,24-29,33,37,39,44,50,63,71H,12-13,15-18,20-23,30-32,34-36H2,1-5H3,(H,62,64)(H,65,70)/t39-,50-,60-/m0/s1. The van der Waals surface area contributed by atoms with Gasteiger partial charge in [-0.1, -0.05) is 38.1 Å². The number of pyridine rings is 1. The van der Waals surface area contributed by atoms with Gasteiger partial charge in [-0.15, -0.1) is 0 Å². The Morgan fingerprint density at radius 1 is 0.951 bits per heavy atom. The van der Waals surface area contributed by atoms with E-state index in [1.165, 1.54) is 22.9 Å². The molecule has 2 aliphatic carbocycles. The van der Waals surface area contributed by atoms with E-state index in [0.717, 1.165) is 105 Å². The number of aliphatic hydroxyl groups is 1. The highest BCUT2D eigenvalue weighted by Crippen LogP contribution is 2.54. The molecule has 5 aliphatic rings. The highest BCUT2D eigenvalue weighted by Gasteiger charge is 2.50. The van der Waals surface area contributed by atoms with Crippen LogP contribution in [-0.2, 0) is 16.6 Å². The molecular weight excluding hydrogens is 1050 g/mol. The smallest absolute Gasteiger partial charge is 0.297 e. The Kier molecular flexibility index (Phi) is 14.4. The lowest BCUT2D eigenvalue weighted by Gasteiger charge is -2.58. The van der Waals surface area contributed by atoms with Crippen LogP contribution in [0.5, 0.6) is 28.7 Å². The lowest BCUT2D eigenvalue weighted by molar-refractivity contribution is -0.384. The predicted molar refractivity (Wildman–Crippen MR) is 307 cm³/mol. The molecule has 2 saturated carbocycles. The van der Waals surface area contributed by atoms with E-state index >= 15 is 0 Å². The summed E-state index contributed by atoms with van der Waals surface area (Å²) in [5, 5.41) is 28.0. The first-order chi connectivity index (χ1) is 38.9. The van der Waals surface area contributed by atoms with Gasteiger partial charge in [-0.05, 0) is 142 Å². The van der Waals surface area contributed by atoms with E-state index < -0.39 is 37.0 Å². The molecule has 4 aromatic carbocycles. The number of nitrogens with zero attached hydrogens (tertiary/aromatic N) is 5. The minimum atomic E-state index is -4.83. The molecule has 0 bridgehead atoms. The number of piperidine rings is 1. The molecule has 0 radical (unpaired) electrons. The number of hydrogen-bond acceptors (Lipinski definition) is 16. The van der Waals surface area contributed by atoms with Crippen molar-refractivity contribution < 1.29 is 46.6 Å². The van der Waals surface area contributed by atoms with Gasteiger partial charge in [0, 0.05) is 92.7 Å². The number of hydrogen-bond donors (Lipinski definition) is 4. The molecule has 7 aromatic rings. The predicted octanol–water partition coefficient (Wildman–Crippen LogP) is 11.0. The number of piperazine rings is 1. The summed E-state index contributed by atoms with van der Waals surface area (Å²) < 4.78 is 60.3. The summed E-state index contributed by atoms with van der Waals surface area (Å²) in [5.74, 6) is 1.15. The third kappa shape index (κ3) is 10.9. The average Bonchev–Trinajstić information content (AvgIpc) is 4.38. The number of aryl methyl sites for hydroxylation is 1. The van der Waals surface area contributed by atoms with E-state index in [1.54, 1.807) is 44.5 Å². The molecule has 426 valence electrons. The molecule has 2 saturated heterocycles. The van der Waals surface area contributed by atoms with Gasteiger partial charge in [0.1, 0.15) is 27.8 Å². The molecule has 20 heteroatoms. The third-order valence-electron chi connectivity index (χ3n) is 17.7. The van der Waals surface area contributed by atoms with Crippen LogP contribution in [0.15, 0.2) is 101 Å². The van der Waals surface area contributed by atoms with Crippen molar-refractivity contribution in [3.63, 3.8) is 0 Å². The number of rotatable bonds is 16. The highest BCUT2D eigenvalue weighted by atomic mass is 32.2. The first kappa shape index (κ1) is 54.2. The number of carbonyl (C=O) groups excluding carboxylic acids is 1. The fourth-order valence-corrected chi connectivity index (χ4v) is 14.4. The van der Waals surface area contributed by atoms with Crippen LogP contribution >= 0.6 is 0 Å². The van der Waals surface area contributed by atoms with Crippen molar-refractivity contribution in [2.45, 2.75) is 114 Å². The summed E-state index contributed by atoms with van der Waals surface area (Å²) in [7, 11) is -3.13. The van der Waals surface area contributed by atoms with Gasteiger partial charge in [0.25, 0.3) is 21.6 Å². The molecule has 81 heavy (non-hydrogen) atoms. The summed E-state index contributed by atoms with van der Waals surface area (Å²) in [6.45, 7) is 13.5. The van der Waals surface area contributed by atoms with Crippen LogP contribution in [0.4, 0.5) is 17.1 Å². The third-order valence-corrected chi connectivity index (χ3v) is 19.1. The molecule has 3 aromatic heterocycles. The van der Waals surface area contributed by atoms with Crippen molar-refractivity contribution in [3.8, 4) is 28.7 Å². The van der Waals surface area contributed by atoms with Crippen LogP contribution in [0.25, 0.3) is 22.0 Å². The number of nitro benzene ring substituents is 1. The number of furan rings is 1. The van der Waals surface area contributed by atoms with Crippen molar-refractivity contribution in [3.05, 3.63) is 129 Å². The van der Waals surface area contributed by atoms with E-state index in [0.29, 0.717) is 55.6 Å².